The maximum atomic E-state index is 5.52. The van der Waals surface area contributed by atoms with Crippen LogP contribution >= 0.6 is 0 Å². The van der Waals surface area contributed by atoms with E-state index in [0.717, 1.165) is 31.1 Å². The first-order chi connectivity index (χ1) is 8.13. The fraction of sp³-hybridized carbons (Fsp3) is 0.667. The molecule has 1 rings (SSSR count). The highest BCUT2D eigenvalue weighted by atomic mass is 15.2. The molecule has 0 fully saturated rings. The van der Waals surface area contributed by atoms with Crippen molar-refractivity contribution in [3.05, 3.63) is 12.4 Å². The number of hydrogen-bond acceptors (Lipinski definition) is 5. The number of anilines is 2. The van der Waals surface area contributed by atoms with E-state index in [2.05, 4.69) is 29.1 Å². The van der Waals surface area contributed by atoms with E-state index in [1.807, 2.05) is 18.0 Å². The second kappa shape index (κ2) is 7.06. The van der Waals surface area contributed by atoms with E-state index in [4.69, 9.17) is 5.73 Å². The van der Waals surface area contributed by atoms with Crippen molar-refractivity contribution >= 4 is 11.6 Å². The van der Waals surface area contributed by atoms with E-state index in [9.17, 15) is 0 Å². The molecule has 1 aromatic heterocycles. The molecule has 5 heteroatoms. The van der Waals surface area contributed by atoms with Crippen molar-refractivity contribution in [3.8, 4) is 0 Å². The van der Waals surface area contributed by atoms with Crippen molar-refractivity contribution in [1.29, 1.82) is 0 Å². The minimum absolute atomic E-state index is 0.622. The minimum atomic E-state index is 0.622. The summed E-state index contributed by atoms with van der Waals surface area (Å²) in [5, 5.41) is 3.30. The van der Waals surface area contributed by atoms with Crippen LogP contribution in [-0.2, 0) is 0 Å². The molecule has 0 aliphatic carbocycles. The molecule has 1 aromatic rings. The van der Waals surface area contributed by atoms with Gasteiger partial charge in [-0.05, 0) is 12.3 Å². The Morgan fingerprint density at radius 2 is 2.18 bits per heavy atom. The van der Waals surface area contributed by atoms with Crippen LogP contribution in [0.15, 0.2) is 12.4 Å². The Hall–Kier alpha value is -1.36. The number of rotatable bonds is 7. The highest BCUT2D eigenvalue weighted by Gasteiger charge is 2.03. The lowest BCUT2D eigenvalue weighted by Crippen LogP contribution is -2.25. The molecule has 0 amide bonds. The van der Waals surface area contributed by atoms with Gasteiger partial charge in [-0.25, -0.2) is 9.97 Å². The molecule has 3 N–H and O–H groups in total. The molecule has 0 saturated carbocycles. The average Bonchev–Trinajstić information content (AvgIpc) is 2.29. The van der Waals surface area contributed by atoms with E-state index in [-0.39, 0.29) is 0 Å². The van der Waals surface area contributed by atoms with Gasteiger partial charge in [-0.1, -0.05) is 13.8 Å². The summed E-state index contributed by atoms with van der Waals surface area (Å²) in [6.07, 6.45) is 2.72. The fourth-order valence-corrected chi connectivity index (χ4v) is 1.45. The summed E-state index contributed by atoms with van der Waals surface area (Å²) in [6.45, 7) is 6.78. The maximum absolute atomic E-state index is 5.52. The Kier molecular flexibility index (Phi) is 5.69. The third kappa shape index (κ3) is 4.99. The van der Waals surface area contributed by atoms with Gasteiger partial charge in [-0.15, -0.1) is 0 Å². The molecule has 0 bridgehead atoms. The van der Waals surface area contributed by atoms with Gasteiger partial charge in [-0.3, -0.25) is 0 Å². The van der Waals surface area contributed by atoms with Crippen LogP contribution in [0.5, 0.6) is 0 Å². The maximum Gasteiger partial charge on any atom is 0.133 e. The number of aromatic nitrogens is 2. The largest absolute Gasteiger partial charge is 0.370 e. The summed E-state index contributed by atoms with van der Waals surface area (Å²) in [5.74, 6) is 2.47. The molecule has 1 heterocycles. The van der Waals surface area contributed by atoms with Crippen molar-refractivity contribution in [1.82, 2.24) is 9.97 Å². The third-order valence-electron chi connectivity index (χ3n) is 2.54. The van der Waals surface area contributed by atoms with Gasteiger partial charge in [0.05, 0.1) is 0 Å². The van der Waals surface area contributed by atoms with E-state index >= 15 is 0 Å². The zero-order valence-electron chi connectivity index (χ0n) is 11.0. The van der Waals surface area contributed by atoms with Crippen molar-refractivity contribution in [3.63, 3.8) is 0 Å². The molecule has 17 heavy (non-hydrogen) atoms. The minimum Gasteiger partial charge on any atom is -0.370 e. The van der Waals surface area contributed by atoms with Gasteiger partial charge < -0.3 is 16.0 Å². The molecule has 0 atom stereocenters. The van der Waals surface area contributed by atoms with Crippen LogP contribution < -0.4 is 16.0 Å². The second-order valence-electron chi connectivity index (χ2n) is 4.58. The van der Waals surface area contributed by atoms with Crippen LogP contribution in [0.25, 0.3) is 0 Å². The average molecular weight is 237 g/mol. The Balaban J connectivity index is 2.53. The molecular weight excluding hydrogens is 214 g/mol. The lowest BCUT2D eigenvalue weighted by molar-refractivity contribution is 0.606. The predicted molar refractivity (Wildman–Crippen MR) is 72.3 cm³/mol. The summed E-state index contributed by atoms with van der Waals surface area (Å²) in [4.78, 5) is 10.4. The molecule has 0 unspecified atom stereocenters. The molecular formula is C12H23N5. The number of likely N-dealkylation sites (N-methyl/N-ethyl adjacent to an activating group) is 1. The van der Waals surface area contributed by atoms with Crippen molar-refractivity contribution < 1.29 is 0 Å². The van der Waals surface area contributed by atoms with E-state index in [1.54, 1.807) is 6.33 Å². The number of nitrogens with two attached hydrogens (primary N) is 1. The molecule has 0 aliphatic rings. The van der Waals surface area contributed by atoms with Gasteiger partial charge >= 0.3 is 0 Å². The Bertz CT molecular complexity index is 326. The second-order valence-corrected chi connectivity index (χ2v) is 4.58. The zero-order valence-corrected chi connectivity index (χ0v) is 11.0. The molecule has 0 radical (unpaired) electrons. The van der Waals surface area contributed by atoms with Gasteiger partial charge in [0.15, 0.2) is 0 Å². The molecule has 96 valence electrons. The smallest absolute Gasteiger partial charge is 0.133 e. The van der Waals surface area contributed by atoms with E-state index < -0.39 is 0 Å². The number of nitrogens with one attached hydrogen (secondary N) is 1. The van der Waals surface area contributed by atoms with Crippen molar-refractivity contribution in [2.45, 2.75) is 20.3 Å². The topological polar surface area (TPSA) is 67.1 Å². The Labute approximate surface area is 103 Å². The summed E-state index contributed by atoms with van der Waals surface area (Å²) in [7, 11) is 1.98. The Morgan fingerprint density at radius 3 is 2.82 bits per heavy atom. The fourth-order valence-electron chi connectivity index (χ4n) is 1.45. The highest BCUT2D eigenvalue weighted by molar-refractivity contribution is 5.47. The lowest BCUT2D eigenvalue weighted by Gasteiger charge is -2.17. The van der Waals surface area contributed by atoms with Crippen molar-refractivity contribution in [2.24, 2.45) is 11.7 Å². The van der Waals surface area contributed by atoms with Crippen LogP contribution in [0.4, 0.5) is 11.6 Å². The SMILES string of the molecule is CC(C)CCNc1cc(N(C)CCN)ncn1. The van der Waals surface area contributed by atoms with Gasteiger partial charge in [-0.2, -0.15) is 0 Å². The normalized spacial score (nSPS) is 10.6. The quantitative estimate of drug-likeness (QED) is 0.749. The van der Waals surface area contributed by atoms with Crippen LogP contribution in [0, 0.1) is 5.92 Å². The highest BCUT2D eigenvalue weighted by Crippen LogP contribution is 2.12. The van der Waals surface area contributed by atoms with Crippen LogP contribution in [0.2, 0.25) is 0 Å². The molecule has 5 nitrogen and oxygen atoms in total. The molecule has 0 aromatic carbocycles. The number of hydrogen-bond donors (Lipinski definition) is 2. The van der Waals surface area contributed by atoms with Gasteiger partial charge in [0.25, 0.3) is 0 Å². The molecule has 0 saturated heterocycles. The van der Waals surface area contributed by atoms with E-state index in [1.165, 1.54) is 0 Å². The summed E-state index contributed by atoms with van der Waals surface area (Å²) >= 11 is 0. The van der Waals surface area contributed by atoms with Gasteiger partial charge in [0, 0.05) is 32.7 Å². The monoisotopic (exact) mass is 237 g/mol. The first-order valence-corrected chi connectivity index (χ1v) is 6.10. The van der Waals surface area contributed by atoms with Crippen LogP contribution in [-0.4, -0.2) is 36.6 Å². The van der Waals surface area contributed by atoms with Crippen LogP contribution in [0.1, 0.15) is 20.3 Å². The van der Waals surface area contributed by atoms with Crippen molar-refractivity contribution in [2.75, 3.05) is 36.9 Å². The summed E-state index contributed by atoms with van der Waals surface area (Å²) < 4.78 is 0. The van der Waals surface area contributed by atoms with Gasteiger partial charge in [0.2, 0.25) is 0 Å². The van der Waals surface area contributed by atoms with Crippen LogP contribution in [0.3, 0.4) is 0 Å². The summed E-state index contributed by atoms with van der Waals surface area (Å²) in [6, 6.07) is 1.95. The Morgan fingerprint density at radius 1 is 1.41 bits per heavy atom. The third-order valence-corrected chi connectivity index (χ3v) is 2.54. The molecule has 0 spiro atoms. The zero-order chi connectivity index (χ0) is 12.7. The van der Waals surface area contributed by atoms with Gasteiger partial charge in [0.1, 0.15) is 18.0 Å². The summed E-state index contributed by atoms with van der Waals surface area (Å²) in [5.41, 5.74) is 5.52. The standard InChI is InChI=1S/C12H23N5/c1-10(2)4-6-14-11-8-12(16-9-15-11)17(3)7-5-13/h8-10H,4-7,13H2,1-3H3,(H,14,15,16). The predicted octanol–water partition coefficient (Wildman–Crippen LogP) is 1.33. The first-order valence-electron chi connectivity index (χ1n) is 6.10. The lowest BCUT2D eigenvalue weighted by atomic mass is 10.1. The van der Waals surface area contributed by atoms with E-state index in [0.29, 0.717) is 12.5 Å². The number of nitrogens with zero attached hydrogens (tertiary/aromatic N) is 3. The first kappa shape index (κ1) is 13.7. The molecule has 0 aliphatic heterocycles.